The van der Waals surface area contributed by atoms with Crippen molar-refractivity contribution in [1.29, 1.82) is 0 Å². The van der Waals surface area contributed by atoms with Crippen molar-refractivity contribution in [3.8, 4) is 0 Å². The maximum atomic E-state index is 4.93. The van der Waals surface area contributed by atoms with E-state index in [0.717, 1.165) is 42.4 Å². The highest BCUT2D eigenvalue weighted by Crippen LogP contribution is 2.49. The monoisotopic (exact) mass is 314 g/mol. The van der Waals surface area contributed by atoms with E-state index < -0.39 is 0 Å². The molecule has 1 aliphatic carbocycles. The van der Waals surface area contributed by atoms with E-state index in [1.54, 1.807) is 0 Å². The Labute approximate surface area is 134 Å². The van der Waals surface area contributed by atoms with E-state index in [1.165, 1.54) is 18.5 Å². The van der Waals surface area contributed by atoms with Crippen molar-refractivity contribution >= 4 is 26.4 Å². The summed E-state index contributed by atoms with van der Waals surface area (Å²) < 4.78 is 0. The van der Waals surface area contributed by atoms with Crippen LogP contribution in [0.2, 0.25) is 0 Å². The third-order valence-corrected chi connectivity index (χ3v) is 5.51. The first kappa shape index (κ1) is 14.1. The van der Waals surface area contributed by atoms with E-state index in [2.05, 4.69) is 56.6 Å². The Morgan fingerprint density at radius 3 is 2.86 bits per heavy atom. The molecular formula is C17H23N4P. The lowest BCUT2D eigenvalue weighted by atomic mass is 10.1. The summed E-state index contributed by atoms with van der Waals surface area (Å²) in [5, 5.41) is 3.48. The van der Waals surface area contributed by atoms with Crippen molar-refractivity contribution in [2.75, 3.05) is 22.9 Å². The van der Waals surface area contributed by atoms with Gasteiger partial charge in [-0.1, -0.05) is 13.2 Å². The van der Waals surface area contributed by atoms with Crippen LogP contribution in [-0.4, -0.2) is 29.4 Å². The van der Waals surface area contributed by atoms with Crippen LogP contribution in [0.5, 0.6) is 0 Å². The fraction of sp³-hybridized carbons (Fsp3) is 0.471. The number of pyridine rings is 1. The largest absolute Gasteiger partial charge is 0.381 e. The second-order valence-corrected chi connectivity index (χ2v) is 7.86. The van der Waals surface area contributed by atoms with E-state index in [1.807, 2.05) is 0 Å². The molecule has 1 unspecified atom stereocenters. The molecule has 3 heterocycles. The lowest BCUT2D eigenvalue weighted by Crippen LogP contribution is -2.48. The molecular weight excluding hydrogens is 291 g/mol. The van der Waals surface area contributed by atoms with Crippen molar-refractivity contribution in [2.45, 2.75) is 37.5 Å². The lowest BCUT2D eigenvalue weighted by Gasteiger charge is -2.44. The van der Waals surface area contributed by atoms with Gasteiger partial charge < -0.3 is 15.1 Å². The van der Waals surface area contributed by atoms with Gasteiger partial charge in [0.15, 0.2) is 5.82 Å². The normalized spacial score (nSPS) is 25.9. The molecule has 5 heteroatoms. The molecule has 0 spiro atoms. The van der Waals surface area contributed by atoms with Crippen LogP contribution in [-0.2, 0) is 0 Å². The molecule has 2 aliphatic heterocycles. The third-order valence-electron chi connectivity index (χ3n) is 4.78. The zero-order valence-electron chi connectivity index (χ0n) is 13.1. The van der Waals surface area contributed by atoms with Crippen molar-refractivity contribution in [3.05, 3.63) is 36.7 Å². The van der Waals surface area contributed by atoms with Crippen LogP contribution in [0.4, 0.5) is 11.5 Å². The van der Waals surface area contributed by atoms with E-state index in [-0.39, 0.29) is 5.28 Å². The van der Waals surface area contributed by atoms with Gasteiger partial charge in [-0.05, 0) is 38.3 Å². The fourth-order valence-corrected chi connectivity index (χ4v) is 4.24. The van der Waals surface area contributed by atoms with Crippen molar-refractivity contribution in [3.63, 3.8) is 0 Å². The number of aromatic nitrogens is 1. The van der Waals surface area contributed by atoms with E-state index in [0.29, 0.717) is 6.04 Å². The molecule has 1 saturated carbocycles. The van der Waals surface area contributed by atoms with Gasteiger partial charge in [0, 0.05) is 24.8 Å². The van der Waals surface area contributed by atoms with Crippen molar-refractivity contribution in [1.82, 2.24) is 10.3 Å². The topological polar surface area (TPSA) is 31.4 Å². The van der Waals surface area contributed by atoms with Gasteiger partial charge in [-0.3, -0.25) is 0 Å². The number of hydrogen-bond acceptors (Lipinski definition) is 4. The van der Waals surface area contributed by atoms with Crippen LogP contribution in [0, 0.1) is 0 Å². The highest BCUT2D eigenvalue weighted by Gasteiger charge is 2.46. The Bertz CT molecular complexity index is 667. The summed E-state index contributed by atoms with van der Waals surface area (Å²) in [7, 11) is 3.03. The quantitative estimate of drug-likeness (QED) is 0.866. The Hall–Kier alpha value is -1.54. The Kier molecular flexibility index (Phi) is 3.02. The average molecular weight is 314 g/mol. The molecule has 0 amide bonds. The molecule has 2 atom stereocenters. The molecule has 0 radical (unpaired) electrons. The highest BCUT2D eigenvalue weighted by atomic mass is 31.0. The summed E-state index contributed by atoms with van der Waals surface area (Å²) >= 11 is 0. The molecule has 1 aromatic rings. The highest BCUT2D eigenvalue weighted by molar-refractivity contribution is 7.19. The van der Waals surface area contributed by atoms with E-state index in [9.17, 15) is 0 Å². The average Bonchev–Trinajstić information content (AvgIpc) is 3.21. The van der Waals surface area contributed by atoms with Crippen LogP contribution in [0.15, 0.2) is 31.0 Å². The van der Waals surface area contributed by atoms with Gasteiger partial charge in [-0.25, -0.2) is 4.98 Å². The molecule has 2 bridgehead atoms. The molecule has 0 aromatic carbocycles. The molecule has 116 valence electrons. The zero-order chi connectivity index (χ0) is 15.5. The molecule has 4 rings (SSSR count). The van der Waals surface area contributed by atoms with Crippen LogP contribution in [0.1, 0.15) is 31.9 Å². The molecule has 3 aliphatic rings. The lowest BCUT2D eigenvalue weighted by molar-refractivity contribution is 0.618. The van der Waals surface area contributed by atoms with Crippen LogP contribution >= 0.6 is 9.24 Å². The van der Waals surface area contributed by atoms with Crippen LogP contribution in [0.25, 0.3) is 5.70 Å². The smallest absolute Gasteiger partial charge is 0.157 e. The van der Waals surface area contributed by atoms with Crippen molar-refractivity contribution in [2.24, 2.45) is 0 Å². The van der Waals surface area contributed by atoms with Crippen molar-refractivity contribution < 1.29 is 0 Å². The van der Waals surface area contributed by atoms with Gasteiger partial charge in [-0.2, -0.15) is 0 Å². The minimum absolute atomic E-state index is 0.0235. The Morgan fingerprint density at radius 1 is 1.41 bits per heavy atom. The fourth-order valence-electron chi connectivity index (χ4n) is 3.55. The third kappa shape index (κ3) is 2.13. The molecule has 1 saturated heterocycles. The minimum Gasteiger partial charge on any atom is -0.381 e. The maximum Gasteiger partial charge on any atom is 0.157 e. The van der Waals surface area contributed by atoms with Gasteiger partial charge in [0.05, 0.1) is 22.4 Å². The van der Waals surface area contributed by atoms with Gasteiger partial charge in [0.25, 0.3) is 0 Å². The van der Waals surface area contributed by atoms with Crippen LogP contribution < -0.4 is 15.1 Å². The second-order valence-electron chi connectivity index (χ2n) is 6.78. The standard InChI is InChI=1S/C17H23N4P/c1-11(2)21-16-15(20-9-8-17(21,22)10-20)7-6-14(19-16)12(3)18-13-4-5-13/h6-7,13,18H,1,3-5,8-10,22H2,2H3/t17-/m1/s1. The number of anilines is 2. The van der Waals surface area contributed by atoms with Gasteiger partial charge in [0.2, 0.25) is 0 Å². The number of nitrogens with one attached hydrogen (secondary N) is 1. The summed E-state index contributed by atoms with van der Waals surface area (Å²) in [6.07, 6.45) is 3.59. The molecule has 22 heavy (non-hydrogen) atoms. The van der Waals surface area contributed by atoms with E-state index >= 15 is 0 Å². The number of rotatable bonds is 4. The predicted molar refractivity (Wildman–Crippen MR) is 96.0 cm³/mol. The minimum atomic E-state index is 0.0235. The SMILES string of the molecule is C=C(NC1CC1)c1ccc2c(n1)N(C(=C)C)[C@@]1(P)CCN2C1. The molecule has 4 nitrogen and oxygen atoms in total. The Morgan fingerprint density at radius 2 is 2.18 bits per heavy atom. The van der Waals surface area contributed by atoms with Crippen LogP contribution in [0.3, 0.4) is 0 Å². The first-order valence-corrected chi connectivity index (χ1v) is 8.52. The maximum absolute atomic E-state index is 4.93. The molecule has 1 N–H and O–H groups in total. The predicted octanol–water partition coefficient (Wildman–Crippen LogP) is 2.94. The summed E-state index contributed by atoms with van der Waals surface area (Å²) in [5.41, 5.74) is 4.12. The number of allylic oxidation sites excluding steroid dienone is 1. The summed E-state index contributed by atoms with van der Waals surface area (Å²) in [6, 6.07) is 4.86. The van der Waals surface area contributed by atoms with E-state index in [4.69, 9.17) is 4.98 Å². The molecule has 1 aromatic heterocycles. The van der Waals surface area contributed by atoms with Gasteiger partial charge in [-0.15, -0.1) is 9.24 Å². The number of fused-ring (bicyclic) bond motifs is 4. The summed E-state index contributed by atoms with van der Waals surface area (Å²) in [6.45, 7) is 12.5. The van der Waals surface area contributed by atoms with Gasteiger partial charge >= 0.3 is 0 Å². The first-order chi connectivity index (χ1) is 10.5. The van der Waals surface area contributed by atoms with Gasteiger partial charge in [0.1, 0.15) is 0 Å². The molecule has 2 fully saturated rings. The Balaban J connectivity index is 1.75. The summed E-state index contributed by atoms with van der Waals surface area (Å²) in [4.78, 5) is 9.65. The second kappa shape index (κ2) is 4.73. The number of hydrogen-bond donors (Lipinski definition) is 1. The number of nitrogens with zero attached hydrogens (tertiary/aromatic N) is 3. The zero-order valence-corrected chi connectivity index (χ0v) is 14.3. The first-order valence-electron chi connectivity index (χ1n) is 7.94. The summed E-state index contributed by atoms with van der Waals surface area (Å²) in [5.74, 6) is 1.02.